The van der Waals surface area contributed by atoms with E-state index in [-0.39, 0.29) is 5.97 Å². The van der Waals surface area contributed by atoms with Gasteiger partial charge in [-0.2, -0.15) is 0 Å². The summed E-state index contributed by atoms with van der Waals surface area (Å²) in [4.78, 5) is 13.8. The molecule has 0 heterocycles. The van der Waals surface area contributed by atoms with E-state index in [0.29, 0.717) is 17.9 Å². The number of hydrogen-bond acceptors (Lipinski definition) is 4. The van der Waals surface area contributed by atoms with Crippen molar-refractivity contribution in [1.82, 2.24) is 0 Å². The van der Waals surface area contributed by atoms with Gasteiger partial charge in [-0.05, 0) is 38.1 Å². The normalized spacial score (nSPS) is 10.3. The Morgan fingerprint density at radius 1 is 1.25 bits per heavy atom. The minimum atomic E-state index is -0.378. The Morgan fingerprint density at radius 3 is 2.70 bits per heavy atom. The molecule has 0 aliphatic heterocycles. The van der Waals surface area contributed by atoms with Gasteiger partial charge in [-0.1, -0.05) is 35.5 Å². The van der Waals surface area contributed by atoms with Gasteiger partial charge in [0.1, 0.15) is 0 Å². The predicted molar refractivity (Wildman–Crippen MR) is 82.1 cm³/mol. The SMILES string of the molecule is CCOC(=O)c1cccc(Sc2cccc(C)c2)c1N. The number of nitrogens with two attached hydrogens (primary N) is 1. The third-order valence-corrected chi connectivity index (χ3v) is 3.84. The molecule has 20 heavy (non-hydrogen) atoms. The number of rotatable bonds is 4. The fourth-order valence-electron chi connectivity index (χ4n) is 1.83. The summed E-state index contributed by atoms with van der Waals surface area (Å²) in [5.74, 6) is -0.378. The summed E-state index contributed by atoms with van der Waals surface area (Å²) in [6.45, 7) is 4.16. The first-order chi connectivity index (χ1) is 9.61. The lowest BCUT2D eigenvalue weighted by atomic mass is 10.2. The van der Waals surface area contributed by atoms with Gasteiger partial charge >= 0.3 is 5.97 Å². The van der Waals surface area contributed by atoms with Gasteiger partial charge in [0.05, 0.1) is 17.9 Å². The van der Waals surface area contributed by atoms with E-state index >= 15 is 0 Å². The second kappa shape index (κ2) is 6.48. The largest absolute Gasteiger partial charge is 0.462 e. The molecule has 2 N–H and O–H groups in total. The van der Waals surface area contributed by atoms with Crippen LogP contribution in [-0.2, 0) is 4.74 Å². The van der Waals surface area contributed by atoms with Crippen LogP contribution in [0.25, 0.3) is 0 Å². The van der Waals surface area contributed by atoms with Crippen molar-refractivity contribution in [3.8, 4) is 0 Å². The average Bonchev–Trinajstić information content (AvgIpc) is 2.41. The molecule has 0 radical (unpaired) electrons. The van der Waals surface area contributed by atoms with E-state index in [1.807, 2.05) is 37.3 Å². The first kappa shape index (κ1) is 14.5. The number of esters is 1. The molecule has 0 aliphatic carbocycles. The average molecular weight is 287 g/mol. The minimum Gasteiger partial charge on any atom is -0.462 e. The van der Waals surface area contributed by atoms with Gasteiger partial charge in [0, 0.05) is 9.79 Å². The van der Waals surface area contributed by atoms with Crippen molar-refractivity contribution in [3.63, 3.8) is 0 Å². The number of benzene rings is 2. The molecule has 0 bridgehead atoms. The van der Waals surface area contributed by atoms with E-state index in [0.717, 1.165) is 9.79 Å². The van der Waals surface area contributed by atoms with Crippen molar-refractivity contribution in [2.45, 2.75) is 23.6 Å². The molecule has 0 aliphatic rings. The second-order valence-corrected chi connectivity index (χ2v) is 5.47. The fourth-order valence-corrected chi connectivity index (χ4v) is 2.84. The number of ether oxygens (including phenoxy) is 1. The summed E-state index contributed by atoms with van der Waals surface area (Å²) < 4.78 is 5.00. The van der Waals surface area contributed by atoms with Gasteiger partial charge in [0.2, 0.25) is 0 Å². The molecule has 3 nitrogen and oxygen atoms in total. The molecule has 0 aromatic heterocycles. The maximum atomic E-state index is 11.8. The number of anilines is 1. The van der Waals surface area contributed by atoms with Crippen LogP contribution in [0.3, 0.4) is 0 Å². The second-order valence-electron chi connectivity index (χ2n) is 4.36. The maximum Gasteiger partial charge on any atom is 0.340 e. The van der Waals surface area contributed by atoms with E-state index in [2.05, 4.69) is 6.07 Å². The summed E-state index contributed by atoms with van der Waals surface area (Å²) >= 11 is 1.55. The molecule has 0 spiro atoms. The first-order valence-corrected chi connectivity index (χ1v) is 7.23. The lowest BCUT2D eigenvalue weighted by molar-refractivity contribution is 0.0527. The Bertz CT molecular complexity index is 626. The molecule has 0 unspecified atom stereocenters. The van der Waals surface area contributed by atoms with E-state index in [9.17, 15) is 4.79 Å². The van der Waals surface area contributed by atoms with Crippen molar-refractivity contribution in [3.05, 3.63) is 53.6 Å². The molecular weight excluding hydrogens is 270 g/mol. The van der Waals surface area contributed by atoms with Crippen LogP contribution in [0.4, 0.5) is 5.69 Å². The van der Waals surface area contributed by atoms with Crippen LogP contribution < -0.4 is 5.73 Å². The Morgan fingerprint density at radius 2 is 2.00 bits per heavy atom. The third kappa shape index (κ3) is 3.33. The molecule has 104 valence electrons. The highest BCUT2D eigenvalue weighted by Gasteiger charge is 2.14. The molecule has 2 aromatic rings. The van der Waals surface area contributed by atoms with E-state index in [1.165, 1.54) is 5.56 Å². The van der Waals surface area contributed by atoms with Crippen LogP contribution in [0.2, 0.25) is 0 Å². The van der Waals surface area contributed by atoms with Gasteiger partial charge in [-0.3, -0.25) is 0 Å². The zero-order valence-corrected chi connectivity index (χ0v) is 12.4. The topological polar surface area (TPSA) is 52.3 Å². The monoisotopic (exact) mass is 287 g/mol. The van der Waals surface area contributed by atoms with Gasteiger partial charge in [-0.25, -0.2) is 4.79 Å². The Kier molecular flexibility index (Phi) is 4.69. The number of carbonyl (C=O) groups is 1. The van der Waals surface area contributed by atoms with Crippen LogP contribution in [0.1, 0.15) is 22.8 Å². The lowest BCUT2D eigenvalue weighted by Gasteiger charge is -2.10. The molecule has 0 fully saturated rings. The summed E-state index contributed by atoms with van der Waals surface area (Å²) in [7, 11) is 0. The minimum absolute atomic E-state index is 0.341. The number of aryl methyl sites for hydroxylation is 1. The van der Waals surface area contributed by atoms with Crippen LogP contribution in [0, 0.1) is 6.92 Å². The molecule has 0 amide bonds. The Balaban J connectivity index is 2.29. The highest BCUT2D eigenvalue weighted by atomic mass is 32.2. The quantitative estimate of drug-likeness (QED) is 0.684. The lowest BCUT2D eigenvalue weighted by Crippen LogP contribution is -2.08. The Labute approximate surface area is 123 Å². The van der Waals surface area contributed by atoms with E-state index < -0.39 is 0 Å². The van der Waals surface area contributed by atoms with E-state index in [1.54, 1.807) is 24.8 Å². The van der Waals surface area contributed by atoms with Gasteiger partial charge in [0.25, 0.3) is 0 Å². The first-order valence-electron chi connectivity index (χ1n) is 6.42. The van der Waals surface area contributed by atoms with Crippen molar-refractivity contribution in [1.29, 1.82) is 0 Å². The van der Waals surface area contributed by atoms with Crippen molar-refractivity contribution >= 4 is 23.4 Å². The van der Waals surface area contributed by atoms with Crippen molar-refractivity contribution in [2.75, 3.05) is 12.3 Å². The zero-order valence-electron chi connectivity index (χ0n) is 11.6. The number of para-hydroxylation sites is 1. The summed E-state index contributed by atoms with van der Waals surface area (Å²) in [5.41, 5.74) is 8.16. The Hall–Kier alpha value is -1.94. The molecule has 2 aromatic carbocycles. The fraction of sp³-hybridized carbons (Fsp3) is 0.188. The predicted octanol–water partition coefficient (Wildman–Crippen LogP) is 3.91. The third-order valence-electron chi connectivity index (χ3n) is 2.78. The van der Waals surface area contributed by atoms with Gasteiger partial charge in [-0.15, -0.1) is 0 Å². The standard InChI is InChI=1S/C16H17NO2S/c1-3-19-16(18)13-8-5-9-14(15(13)17)20-12-7-4-6-11(2)10-12/h4-10H,3,17H2,1-2H3. The van der Waals surface area contributed by atoms with Crippen LogP contribution >= 0.6 is 11.8 Å². The highest BCUT2D eigenvalue weighted by Crippen LogP contribution is 2.34. The zero-order chi connectivity index (χ0) is 14.5. The molecular formula is C16H17NO2S. The number of nitrogen functional groups attached to an aromatic ring is 1. The maximum absolute atomic E-state index is 11.8. The number of hydrogen-bond donors (Lipinski definition) is 1. The smallest absolute Gasteiger partial charge is 0.340 e. The molecule has 2 rings (SSSR count). The molecule has 4 heteroatoms. The van der Waals surface area contributed by atoms with E-state index in [4.69, 9.17) is 10.5 Å². The molecule has 0 saturated carbocycles. The highest BCUT2D eigenvalue weighted by molar-refractivity contribution is 7.99. The summed E-state index contributed by atoms with van der Waals surface area (Å²) in [5, 5.41) is 0. The van der Waals surface area contributed by atoms with Crippen molar-refractivity contribution in [2.24, 2.45) is 0 Å². The summed E-state index contributed by atoms with van der Waals surface area (Å²) in [6.07, 6.45) is 0. The van der Waals surface area contributed by atoms with Crippen LogP contribution in [0.15, 0.2) is 52.3 Å². The van der Waals surface area contributed by atoms with Gasteiger partial charge in [0.15, 0.2) is 0 Å². The van der Waals surface area contributed by atoms with Crippen LogP contribution in [-0.4, -0.2) is 12.6 Å². The van der Waals surface area contributed by atoms with Gasteiger partial charge < -0.3 is 10.5 Å². The molecule has 0 saturated heterocycles. The number of carbonyl (C=O) groups excluding carboxylic acids is 1. The van der Waals surface area contributed by atoms with Crippen LogP contribution in [0.5, 0.6) is 0 Å². The van der Waals surface area contributed by atoms with Crippen molar-refractivity contribution < 1.29 is 9.53 Å². The summed E-state index contributed by atoms with van der Waals surface area (Å²) in [6, 6.07) is 13.6. The molecule has 0 atom stereocenters.